The lowest BCUT2D eigenvalue weighted by Gasteiger charge is -2.32. The molecule has 0 aromatic heterocycles. The van der Waals surface area contributed by atoms with E-state index in [9.17, 15) is 4.39 Å². The first-order chi connectivity index (χ1) is 10.9. The van der Waals surface area contributed by atoms with Gasteiger partial charge < -0.3 is 9.46 Å². The molecule has 0 aliphatic carbocycles. The largest absolute Gasteiger partial charge is 0.483 e. The zero-order valence-electron chi connectivity index (χ0n) is 13.7. The Morgan fingerprint density at radius 1 is 1.13 bits per heavy atom. The smallest absolute Gasteiger partial charge is 0.130 e. The Bertz CT molecular complexity index is 766. The number of nitrogens with one attached hydrogen (secondary N) is 1. The summed E-state index contributed by atoms with van der Waals surface area (Å²) in [7, 11) is 0. The molecule has 2 nitrogen and oxygen atoms in total. The number of hydrogen-bond donors (Lipinski definition) is 1. The molecule has 3 rings (SSSR count). The van der Waals surface area contributed by atoms with Gasteiger partial charge in [-0.15, -0.1) is 0 Å². The van der Waals surface area contributed by atoms with Crippen LogP contribution >= 0.6 is 11.9 Å². The molecule has 0 radical (unpaired) electrons. The van der Waals surface area contributed by atoms with Gasteiger partial charge in [-0.1, -0.05) is 24.1 Å². The van der Waals surface area contributed by atoms with Crippen molar-refractivity contribution in [1.29, 1.82) is 0 Å². The van der Waals surface area contributed by atoms with Crippen molar-refractivity contribution in [2.24, 2.45) is 0 Å². The third-order valence-electron chi connectivity index (χ3n) is 3.81. The van der Waals surface area contributed by atoms with Gasteiger partial charge in [-0.2, -0.15) is 0 Å². The van der Waals surface area contributed by atoms with Crippen molar-refractivity contribution >= 4 is 23.2 Å². The highest BCUT2D eigenvalue weighted by Gasteiger charge is 2.28. The fourth-order valence-electron chi connectivity index (χ4n) is 2.95. The molecular formula is C19H20FNOS. The standard InChI is InChI=1S/C19H20FNOS/c1-12-9-15(21-23-4)10-17-18(12)16(11-19(2,3)22-17)13-5-7-14(20)8-6-13/h5-11,21H,1-4H3. The molecule has 1 aliphatic rings. The number of halogens is 1. The minimum absolute atomic E-state index is 0.225. The van der Waals surface area contributed by atoms with Gasteiger partial charge in [0.25, 0.3) is 0 Å². The summed E-state index contributed by atoms with van der Waals surface area (Å²) in [5.74, 6) is 0.630. The van der Waals surface area contributed by atoms with Gasteiger partial charge >= 0.3 is 0 Å². The molecule has 1 N–H and O–H groups in total. The molecule has 23 heavy (non-hydrogen) atoms. The Hall–Kier alpha value is -1.94. The summed E-state index contributed by atoms with van der Waals surface area (Å²) in [5.41, 5.74) is 4.89. The second kappa shape index (κ2) is 5.93. The van der Waals surface area contributed by atoms with Crippen molar-refractivity contribution in [2.75, 3.05) is 11.0 Å². The number of aryl methyl sites for hydroxylation is 1. The predicted octanol–water partition coefficient (Wildman–Crippen LogP) is 5.43. The van der Waals surface area contributed by atoms with Gasteiger partial charge in [0.05, 0.1) is 0 Å². The Kier molecular flexibility index (Phi) is 4.11. The zero-order chi connectivity index (χ0) is 16.6. The van der Waals surface area contributed by atoms with Crippen LogP contribution in [0.1, 0.15) is 30.5 Å². The average Bonchev–Trinajstić information content (AvgIpc) is 2.46. The van der Waals surface area contributed by atoms with Crippen LogP contribution in [0.2, 0.25) is 0 Å². The maximum Gasteiger partial charge on any atom is 0.130 e. The van der Waals surface area contributed by atoms with E-state index in [2.05, 4.69) is 23.8 Å². The lowest BCUT2D eigenvalue weighted by Crippen LogP contribution is -2.29. The second-order valence-electron chi connectivity index (χ2n) is 6.24. The number of benzene rings is 2. The van der Waals surface area contributed by atoms with Gasteiger partial charge in [-0.25, -0.2) is 4.39 Å². The van der Waals surface area contributed by atoms with Crippen molar-refractivity contribution in [2.45, 2.75) is 26.4 Å². The molecule has 0 atom stereocenters. The lowest BCUT2D eigenvalue weighted by molar-refractivity contribution is 0.158. The number of ether oxygens (including phenoxy) is 1. The van der Waals surface area contributed by atoms with E-state index in [0.717, 1.165) is 33.7 Å². The Morgan fingerprint density at radius 3 is 2.48 bits per heavy atom. The van der Waals surface area contributed by atoms with Crippen molar-refractivity contribution in [3.8, 4) is 5.75 Å². The minimum Gasteiger partial charge on any atom is -0.483 e. The van der Waals surface area contributed by atoms with Crippen molar-refractivity contribution < 1.29 is 9.13 Å². The summed E-state index contributed by atoms with van der Waals surface area (Å²) >= 11 is 1.55. The Labute approximate surface area is 140 Å². The summed E-state index contributed by atoms with van der Waals surface area (Å²) in [6, 6.07) is 10.8. The van der Waals surface area contributed by atoms with Gasteiger partial charge in [-0.05, 0) is 61.7 Å². The van der Waals surface area contributed by atoms with E-state index < -0.39 is 5.60 Å². The highest BCUT2D eigenvalue weighted by atomic mass is 32.2. The van der Waals surface area contributed by atoms with Crippen LogP contribution in [0.3, 0.4) is 0 Å². The van der Waals surface area contributed by atoms with Gasteiger partial charge in [0.15, 0.2) is 0 Å². The van der Waals surface area contributed by atoms with Gasteiger partial charge in [0.1, 0.15) is 17.2 Å². The summed E-state index contributed by atoms with van der Waals surface area (Å²) in [6.07, 6.45) is 4.10. The SMILES string of the molecule is CSNc1cc(C)c2c(c1)OC(C)(C)C=C2c1ccc(F)cc1. The normalized spacial score (nSPS) is 15.4. The molecule has 2 aromatic rings. The van der Waals surface area contributed by atoms with E-state index in [1.807, 2.05) is 38.3 Å². The van der Waals surface area contributed by atoms with Crippen LogP contribution in [-0.4, -0.2) is 11.9 Å². The molecule has 0 spiro atoms. The highest BCUT2D eigenvalue weighted by molar-refractivity contribution is 7.99. The summed E-state index contributed by atoms with van der Waals surface area (Å²) in [5, 5.41) is 0. The monoisotopic (exact) mass is 329 g/mol. The summed E-state index contributed by atoms with van der Waals surface area (Å²) in [6.45, 7) is 6.14. The topological polar surface area (TPSA) is 21.3 Å². The van der Waals surface area contributed by atoms with Gasteiger partial charge in [0, 0.05) is 23.6 Å². The van der Waals surface area contributed by atoms with Crippen LogP contribution in [0.5, 0.6) is 5.75 Å². The van der Waals surface area contributed by atoms with E-state index in [0.29, 0.717) is 0 Å². The minimum atomic E-state index is -0.416. The molecule has 120 valence electrons. The van der Waals surface area contributed by atoms with E-state index in [1.165, 1.54) is 12.1 Å². The molecule has 0 amide bonds. The van der Waals surface area contributed by atoms with Crippen LogP contribution in [-0.2, 0) is 0 Å². The maximum absolute atomic E-state index is 13.3. The fraction of sp³-hybridized carbons (Fsp3) is 0.263. The van der Waals surface area contributed by atoms with Crippen molar-refractivity contribution in [3.63, 3.8) is 0 Å². The number of hydrogen-bond acceptors (Lipinski definition) is 3. The second-order valence-corrected chi connectivity index (χ2v) is 6.86. The quantitative estimate of drug-likeness (QED) is 0.759. The molecule has 0 unspecified atom stereocenters. The maximum atomic E-state index is 13.3. The molecule has 4 heteroatoms. The predicted molar refractivity (Wildman–Crippen MR) is 96.5 cm³/mol. The Morgan fingerprint density at radius 2 is 1.83 bits per heavy atom. The van der Waals surface area contributed by atoms with E-state index >= 15 is 0 Å². The van der Waals surface area contributed by atoms with Crippen molar-refractivity contribution in [1.82, 2.24) is 0 Å². The number of fused-ring (bicyclic) bond motifs is 1. The van der Waals surface area contributed by atoms with Crippen LogP contribution in [0.4, 0.5) is 10.1 Å². The Balaban J connectivity index is 2.17. The first kappa shape index (κ1) is 15.9. The number of anilines is 1. The number of rotatable bonds is 3. The zero-order valence-corrected chi connectivity index (χ0v) is 14.6. The molecule has 0 saturated heterocycles. The third kappa shape index (κ3) is 3.22. The highest BCUT2D eigenvalue weighted by Crippen LogP contribution is 2.43. The van der Waals surface area contributed by atoms with Gasteiger partial charge in [-0.3, -0.25) is 0 Å². The van der Waals surface area contributed by atoms with Crippen LogP contribution in [0.25, 0.3) is 5.57 Å². The summed E-state index contributed by atoms with van der Waals surface area (Å²) < 4.78 is 22.7. The lowest BCUT2D eigenvalue weighted by atomic mass is 9.87. The first-order valence-corrected chi connectivity index (χ1v) is 8.74. The first-order valence-electron chi connectivity index (χ1n) is 7.51. The van der Waals surface area contributed by atoms with E-state index in [1.54, 1.807) is 11.9 Å². The molecule has 0 bridgehead atoms. The fourth-order valence-corrected chi connectivity index (χ4v) is 3.30. The molecule has 1 aliphatic heterocycles. The van der Waals surface area contributed by atoms with Gasteiger partial charge in [0.2, 0.25) is 0 Å². The van der Waals surface area contributed by atoms with Crippen LogP contribution in [0, 0.1) is 12.7 Å². The molecule has 2 aromatic carbocycles. The molecule has 1 heterocycles. The average molecular weight is 329 g/mol. The van der Waals surface area contributed by atoms with Crippen LogP contribution < -0.4 is 9.46 Å². The van der Waals surface area contributed by atoms with E-state index in [-0.39, 0.29) is 5.82 Å². The molecular weight excluding hydrogens is 309 g/mol. The molecule has 0 fully saturated rings. The molecule has 0 saturated carbocycles. The third-order valence-corrected chi connectivity index (χ3v) is 4.25. The summed E-state index contributed by atoms with van der Waals surface area (Å²) in [4.78, 5) is 0. The van der Waals surface area contributed by atoms with Crippen LogP contribution in [0.15, 0.2) is 42.5 Å². The van der Waals surface area contributed by atoms with E-state index in [4.69, 9.17) is 4.74 Å². The van der Waals surface area contributed by atoms with Crippen molar-refractivity contribution in [3.05, 3.63) is 65.0 Å².